The molecule has 0 radical (unpaired) electrons. The van der Waals surface area contributed by atoms with Crippen LogP contribution in [0.5, 0.6) is 0 Å². The van der Waals surface area contributed by atoms with E-state index in [-0.39, 0.29) is 13.0 Å². The van der Waals surface area contributed by atoms with Gasteiger partial charge in [-0.05, 0) is 48.0 Å². The largest absolute Gasteiger partial charge is 0.467 e. The molecule has 0 aromatic rings. The Bertz CT molecular complexity index is 707. The number of esters is 1. The van der Waals surface area contributed by atoms with Crippen LogP contribution in [0, 0.1) is 5.92 Å². The molecule has 9 nitrogen and oxygen atoms in total. The van der Waals surface area contributed by atoms with Gasteiger partial charge in [0.1, 0.15) is 17.2 Å². The van der Waals surface area contributed by atoms with Crippen molar-refractivity contribution in [2.45, 2.75) is 77.6 Å². The highest BCUT2D eigenvalue weighted by Crippen LogP contribution is 2.38. The summed E-state index contributed by atoms with van der Waals surface area (Å²) in [5.41, 5.74) is -3.00. The second-order valence-corrected chi connectivity index (χ2v) is 9.56. The molecule has 3 atom stereocenters. The van der Waals surface area contributed by atoms with Crippen LogP contribution in [0.3, 0.4) is 0 Å². The highest BCUT2D eigenvalue weighted by molar-refractivity contribution is 5.96. The van der Waals surface area contributed by atoms with Crippen LogP contribution in [0.15, 0.2) is 12.7 Å². The van der Waals surface area contributed by atoms with E-state index in [1.807, 2.05) is 0 Å². The number of likely N-dealkylation sites (tertiary alicyclic amines) is 1. The maximum Gasteiger partial charge on any atom is 0.411 e. The Kier molecular flexibility index (Phi) is 7.68. The minimum absolute atomic E-state index is 0.177. The molecule has 170 valence electrons. The number of hydrogen-bond acceptors (Lipinski definition) is 6. The minimum Gasteiger partial charge on any atom is -0.467 e. The summed E-state index contributed by atoms with van der Waals surface area (Å²) in [6.45, 7) is 15.2. The van der Waals surface area contributed by atoms with Crippen molar-refractivity contribution in [3.05, 3.63) is 12.7 Å². The van der Waals surface area contributed by atoms with Gasteiger partial charge in [-0.15, -0.1) is 6.58 Å². The second-order valence-electron chi connectivity index (χ2n) is 9.56. The van der Waals surface area contributed by atoms with Gasteiger partial charge in [-0.2, -0.15) is 0 Å². The molecule has 0 bridgehead atoms. The first-order valence-electron chi connectivity index (χ1n) is 9.87. The molecule has 1 saturated heterocycles. The molecular weight excluding hydrogens is 390 g/mol. The lowest BCUT2D eigenvalue weighted by Crippen LogP contribution is -2.66. The van der Waals surface area contributed by atoms with Gasteiger partial charge in [0.2, 0.25) is 11.8 Å². The number of allylic oxidation sites excluding steroid dienone is 1. The summed E-state index contributed by atoms with van der Waals surface area (Å²) in [6.07, 6.45) is 0.944. The van der Waals surface area contributed by atoms with E-state index >= 15 is 0 Å². The lowest BCUT2D eigenvalue weighted by Gasteiger charge is -2.36. The third-order valence-corrected chi connectivity index (χ3v) is 4.55. The van der Waals surface area contributed by atoms with Gasteiger partial charge in [-0.3, -0.25) is 14.5 Å². The maximum absolute atomic E-state index is 13.4. The van der Waals surface area contributed by atoms with Crippen molar-refractivity contribution >= 4 is 23.9 Å². The van der Waals surface area contributed by atoms with Crippen LogP contribution in [0.4, 0.5) is 4.79 Å². The van der Waals surface area contributed by atoms with Gasteiger partial charge >= 0.3 is 12.1 Å². The normalized spacial score (nSPS) is 24.1. The number of rotatable bonds is 5. The SMILES string of the molecule is C=CCC1[C@@H](C(=O)OC)N(C(=O)OC(C)(C)C)CC1(NC(C)=O)C(=O)NC(C)(C)C. The zero-order valence-electron chi connectivity index (χ0n) is 19.3. The Morgan fingerprint density at radius 3 is 2.13 bits per heavy atom. The van der Waals surface area contributed by atoms with Gasteiger partial charge in [-0.1, -0.05) is 6.08 Å². The van der Waals surface area contributed by atoms with Crippen LogP contribution < -0.4 is 10.6 Å². The summed E-state index contributed by atoms with van der Waals surface area (Å²) in [5, 5.41) is 5.58. The predicted octanol–water partition coefficient (Wildman–Crippen LogP) is 1.76. The van der Waals surface area contributed by atoms with E-state index in [4.69, 9.17) is 9.47 Å². The van der Waals surface area contributed by atoms with E-state index in [1.54, 1.807) is 47.6 Å². The molecule has 2 unspecified atom stereocenters. The number of nitrogens with one attached hydrogen (secondary N) is 2. The van der Waals surface area contributed by atoms with Crippen molar-refractivity contribution in [2.75, 3.05) is 13.7 Å². The van der Waals surface area contributed by atoms with Gasteiger partial charge in [0.25, 0.3) is 0 Å². The first-order chi connectivity index (χ1) is 13.6. The summed E-state index contributed by atoms with van der Waals surface area (Å²) < 4.78 is 10.4. The highest BCUT2D eigenvalue weighted by atomic mass is 16.6. The van der Waals surface area contributed by atoms with Crippen LogP contribution in [-0.2, 0) is 23.9 Å². The molecule has 0 aliphatic carbocycles. The topological polar surface area (TPSA) is 114 Å². The molecule has 0 aromatic carbocycles. The minimum atomic E-state index is -1.57. The Morgan fingerprint density at radius 1 is 1.17 bits per heavy atom. The standard InChI is InChI=1S/C21H35N3O6/c1-10-11-14-15(16(26)29-9)24(18(28)30-20(6,7)8)12-21(14,22-13(2)25)17(27)23-19(3,4)5/h10,14-15H,1,11-12H2,2-9H3,(H,22,25)(H,23,27)/t14?,15-,21?/m0/s1. The van der Waals surface area contributed by atoms with Crippen LogP contribution in [0.1, 0.15) is 54.9 Å². The predicted molar refractivity (Wildman–Crippen MR) is 111 cm³/mol. The molecular formula is C21H35N3O6. The molecule has 0 spiro atoms. The summed E-state index contributed by atoms with van der Waals surface area (Å²) in [6, 6.07) is -1.14. The average molecular weight is 426 g/mol. The fourth-order valence-electron chi connectivity index (χ4n) is 3.59. The summed E-state index contributed by atoms with van der Waals surface area (Å²) in [5.74, 6) is -2.48. The van der Waals surface area contributed by atoms with Crippen LogP contribution in [0.25, 0.3) is 0 Å². The Hall–Kier alpha value is -2.58. The Morgan fingerprint density at radius 2 is 1.73 bits per heavy atom. The lowest BCUT2D eigenvalue weighted by atomic mass is 9.79. The molecule has 0 saturated carbocycles. The fraction of sp³-hybridized carbons (Fsp3) is 0.714. The number of amides is 3. The molecule has 1 heterocycles. The van der Waals surface area contributed by atoms with E-state index in [0.29, 0.717) is 0 Å². The first-order valence-corrected chi connectivity index (χ1v) is 9.87. The first kappa shape index (κ1) is 25.5. The van der Waals surface area contributed by atoms with E-state index in [9.17, 15) is 19.2 Å². The van der Waals surface area contributed by atoms with Crippen molar-refractivity contribution in [1.29, 1.82) is 0 Å². The number of ether oxygens (including phenoxy) is 2. The number of hydrogen-bond donors (Lipinski definition) is 2. The molecule has 1 aliphatic rings. The van der Waals surface area contributed by atoms with E-state index in [1.165, 1.54) is 14.0 Å². The lowest BCUT2D eigenvalue weighted by molar-refractivity contribution is -0.147. The third-order valence-electron chi connectivity index (χ3n) is 4.55. The van der Waals surface area contributed by atoms with Gasteiger partial charge in [0, 0.05) is 18.4 Å². The van der Waals surface area contributed by atoms with Crippen molar-refractivity contribution in [1.82, 2.24) is 15.5 Å². The quantitative estimate of drug-likeness (QED) is 0.512. The van der Waals surface area contributed by atoms with Crippen molar-refractivity contribution in [3.8, 4) is 0 Å². The molecule has 1 aliphatic heterocycles. The number of nitrogens with zero attached hydrogens (tertiary/aromatic N) is 1. The monoisotopic (exact) mass is 425 g/mol. The number of carbonyl (C=O) groups is 4. The molecule has 1 rings (SSSR count). The van der Waals surface area contributed by atoms with Gasteiger partial charge in [0.05, 0.1) is 13.7 Å². The third kappa shape index (κ3) is 5.96. The summed E-state index contributed by atoms with van der Waals surface area (Å²) >= 11 is 0. The molecule has 30 heavy (non-hydrogen) atoms. The highest BCUT2D eigenvalue weighted by Gasteiger charge is 2.62. The van der Waals surface area contributed by atoms with Gasteiger partial charge in [-0.25, -0.2) is 9.59 Å². The molecule has 3 amide bonds. The van der Waals surface area contributed by atoms with Gasteiger partial charge < -0.3 is 20.1 Å². The Labute approximate surface area is 178 Å². The fourth-order valence-corrected chi connectivity index (χ4v) is 3.59. The zero-order valence-corrected chi connectivity index (χ0v) is 19.3. The smallest absolute Gasteiger partial charge is 0.411 e. The van der Waals surface area contributed by atoms with E-state index in [2.05, 4.69) is 17.2 Å². The zero-order chi connectivity index (χ0) is 23.5. The summed E-state index contributed by atoms with van der Waals surface area (Å²) in [7, 11) is 1.20. The Balaban J connectivity index is 3.61. The number of methoxy groups -OCH3 is 1. The van der Waals surface area contributed by atoms with Crippen molar-refractivity contribution in [3.63, 3.8) is 0 Å². The van der Waals surface area contributed by atoms with E-state index < -0.39 is 52.5 Å². The van der Waals surface area contributed by atoms with Gasteiger partial charge in [0.15, 0.2) is 0 Å². The maximum atomic E-state index is 13.4. The van der Waals surface area contributed by atoms with Crippen molar-refractivity contribution in [2.24, 2.45) is 5.92 Å². The second kappa shape index (κ2) is 9.06. The van der Waals surface area contributed by atoms with Crippen LogP contribution in [0.2, 0.25) is 0 Å². The average Bonchev–Trinajstić information content (AvgIpc) is 2.86. The summed E-state index contributed by atoms with van der Waals surface area (Å²) in [4.78, 5) is 52.3. The van der Waals surface area contributed by atoms with Crippen LogP contribution in [-0.4, -0.2) is 65.2 Å². The number of carbonyl (C=O) groups excluding carboxylic acids is 4. The van der Waals surface area contributed by atoms with Crippen LogP contribution >= 0.6 is 0 Å². The molecule has 0 aromatic heterocycles. The molecule has 9 heteroatoms. The molecule has 1 fully saturated rings. The van der Waals surface area contributed by atoms with E-state index in [0.717, 1.165) is 4.90 Å². The molecule has 2 N–H and O–H groups in total. The van der Waals surface area contributed by atoms with Crippen molar-refractivity contribution < 1.29 is 28.7 Å².